The number of hydrogen-bond acceptors (Lipinski definition) is 6. The van der Waals surface area contributed by atoms with Gasteiger partial charge in [-0.15, -0.1) is 0 Å². The highest BCUT2D eigenvalue weighted by Crippen LogP contribution is 2.67. The average Bonchev–Trinajstić information content (AvgIpc) is 3.24. The minimum Gasteiger partial charge on any atom is -0.504 e. The fraction of sp³-hybridized carbons (Fsp3) is 0.757. The second-order valence-corrected chi connectivity index (χ2v) is 15.4. The van der Waals surface area contributed by atoms with Gasteiger partial charge in [0.25, 0.3) is 0 Å². The molecule has 3 fully saturated rings. The second kappa shape index (κ2) is 12.4. The molecule has 4 aliphatic carbocycles. The lowest BCUT2D eigenvalue weighted by Crippen LogP contribution is -2.56. The molecule has 4 aliphatic rings. The standard InChI is InChI=1S/C37H56O6/c1-8-23(21(2)3)10-9-22(4)28-20-31(40)34-33-27(14-16-37(28,34)6)36(5)15-13-26(18-25(36)19-30(33)39)43-35(41)24-11-12-29(38)32(17-24)42-7/h11-12,17,19,21-23,26-28,30-31,33-34,38-40H,8-10,13-16,18,20H2,1-7H3/t22-,23-,26?,27+,28-,30?,31?,33+,34+,36+,37-/m1/s1. The SMILES string of the molecule is CC[C@H](CC[C@@H](C)[C@H]1CC(O)[C@H]2[C@@H]3C(O)C=C4CC(OC(=O)c5ccc(O)c(OC)c5)CC[C@]4(C)[C@H]3CC[C@]12C)C(C)C. The molecule has 0 amide bonds. The van der Waals surface area contributed by atoms with Crippen molar-refractivity contribution in [3.8, 4) is 11.5 Å². The van der Waals surface area contributed by atoms with Crippen LogP contribution < -0.4 is 4.74 Å². The third kappa shape index (κ3) is 5.76. The van der Waals surface area contributed by atoms with Gasteiger partial charge in [-0.05, 0) is 109 Å². The summed E-state index contributed by atoms with van der Waals surface area (Å²) in [4.78, 5) is 13.0. The molecular formula is C37H56O6. The molecule has 3 saturated carbocycles. The van der Waals surface area contributed by atoms with Crippen LogP contribution in [-0.4, -0.2) is 46.7 Å². The lowest BCUT2D eigenvalue weighted by Gasteiger charge is -2.59. The smallest absolute Gasteiger partial charge is 0.338 e. The number of fused-ring (bicyclic) bond motifs is 5. The number of benzene rings is 1. The summed E-state index contributed by atoms with van der Waals surface area (Å²) < 4.78 is 11.1. The summed E-state index contributed by atoms with van der Waals surface area (Å²) in [5, 5.41) is 33.3. The molecule has 11 atom stereocenters. The van der Waals surface area contributed by atoms with Crippen LogP contribution in [0.2, 0.25) is 0 Å². The third-order valence-electron chi connectivity index (χ3n) is 13.0. The number of rotatable bonds is 9. The predicted molar refractivity (Wildman–Crippen MR) is 169 cm³/mol. The van der Waals surface area contributed by atoms with Gasteiger partial charge in [0.15, 0.2) is 11.5 Å². The maximum Gasteiger partial charge on any atom is 0.338 e. The number of ether oxygens (including phenoxy) is 2. The number of aliphatic hydroxyl groups excluding tert-OH is 2. The van der Waals surface area contributed by atoms with E-state index in [0.29, 0.717) is 35.7 Å². The van der Waals surface area contributed by atoms with Crippen LogP contribution >= 0.6 is 0 Å². The number of aliphatic hydroxyl groups is 2. The molecule has 0 saturated heterocycles. The van der Waals surface area contributed by atoms with Gasteiger partial charge in [0.05, 0.1) is 24.9 Å². The van der Waals surface area contributed by atoms with E-state index in [1.165, 1.54) is 44.1 Å². The first kappa shape index (κ1) is 32.3. The van der Waals surface area contributed by atoms with Gasteiger partial charge < -0.3 is 24.8 Å². The Morgan fingerprint density at radius 1 is 1.09 bits per heavy atom. The van der Waals surface area contributed by atoms with Crippen LogP contribution in [0.15, 0.2) is 29.8 Å². The van der Waals surface area contributed by atoms with Gasteiger partial charge in [-0.25, -0.2) is 4.79 Å². The number of carbonyl (C=O) groups excluding carboxylic acids is 1. The lowest BCUT2D eigenvalue weighted by atomic mass is 9.46. The number of carbonyl (C=O) groups is 1. The minimum atomic E-state index is -0.595. The van der Waals surface area contributed by atoms with Crippen molar-refractivity contribution in [2.75, 3.05) is 7.11 Å². The molecule has 0 spiro atoms. The van der Waals surface area contributed by atoms with Crippen LogP contribution in [0.1, 0.15) is 110 Å². The molecule has 240 valence electrons. The summed E-state index contributed by atoms with van der Waals surface area (Å²) in [6, 6.07) is 4.50. The number of hydrogen-bond donors (Lipinski definition) is 3. The highest BCUT2D eigenvalue weighted by Gasteiger charge is 2.64. The molecule has 3 N–H and O–H groups in total. The number of aromatic hydroxyl groups is 1. The van der Waals surface area contributed by atoms with Gasteiger partial charge in [-0.1, -0.05) is 66.0 Å². The molecule has 0 radical (unpaired) electrons. The van der Waals surface area contributed by atoms with Crippen LogP contribution in [0.5, 0.6) is 11.5 Å². The van der Waals surface area contributed by atoms with E-state index in [9.17, 15) is 20.1 Å². The van der Waals surface area contributed by atoms with E-state index in [0.717, 1.165) is 38.0 Å². The van der Waals surface area contributed by atoms with Crippen LogP contribution in [-0.2, 0) is 4.74 Å². The van der Waals surface area contributed by atoms with E-state index in [1.54, 1.807) is 6.07 Å². The van der Waals surface area contributed by atoms with Gasteiger partial charge in [0.1, 0.15) is 6.10 Å². The Labute approximate surface area is 259 Å². The zero-order valence-corrected chi connectivity index (χ0v) is 27.5. The summed E-state index contributed by atoms with van der Waals surface area (Å²) in [6.45, 7) is 14.2. The van der Waals surface area contributed by atoms with Gasteiger partial charge in [0.2, 0.25) is 0 Å². The van der Waals surface area contributed by atoms with E-state index in [2.05, 4.69) is 47.6 Å². The monoisotopic (exact) mass is 596 g/mol. The van der Waals surface area contributed by atoms with Crippen molar-refractivity contribution in [1.29, 1.82) is 0 Å². The number of phenolic OH excluding ortho intramolecular Hbond substituents is 1. The number of phenols is 1. The van der Waals surface area contributed by atoms with Crippen molar-refractivity contribution >= 4 is 5.97 Å². The maximum absolute atomic E-state index is 13.0. The molecule has 0 aliphatic heterocycles. The quantitative estimate of drug-likeness (QED) is 0.201. The molecule has 5 rings (SSSR count). The topological polar surface area (TPSA) is 96.2 Å². The van der Waals surface area contributed by atoms with Gasteiger partial charge in [-0.2, -0.15) is 0 Å². The molecule has 0 heterocycles. The van der Waals surface area contributed by atoms with Crippen molar-refractivity contribution in [3.63, 3.8) is 0 Å². The summed E-state index contributed by atoms with van der Waals surface area (Å²) in [5.41, 5.74) is 1.53. The maximum atomic E-state index is 13.0. The van der Waals surface area contributed by atoms with Crippen LogP contribution in [0.25, 0.3) is 0 Å². The highest BCUT2D eigenvalue weighted by atomic mass is 16.5. The van der Waals surface area contributed by atoms with Gasteiger partial charge >= 0.3 is 5.97 Å². The Morgan fingerprint density at radius 2 is 1.84 bits per heavy atom. The zero-order chi connectivity index (χ0) is 31.3. The summed E-state index contributed by atoms with van der Waals surface area (Å²) in [6.07, 6.45) is 9.85. The van der Waals surface area contributed by atoms with E-state index in [4.69, 9.17) is 9.47 Å². The lowest BCUT2D eigenvalue weighted by molar-refractivity contribution is -0.118. The van der Waals surface area contributed by atoms with Gasteiger partial charge in [0, 0.05) is 6.42 Å². The highest BCUT2D eigenvalue weighted by molar-refractivity contribution is 5.90. The minimum absolute atomic E-state index is 0.0172. The molecule has 43 heavy (non-hydrogen) atoms. The second-order valence-electron chi connectivity index (χ2n) is 15.4. The summed E-state index contributed by atoms with van der Waals surface area (Å²) >= 11 is 0. The average molecular weight is 597 g/mol. The van der Waals surface area contributed by atoms with Crippen molar-refractivity contribution in [2.24, 2.45) is 52.3 Å². The Bertz CT molecular complexity index is 1190. The Balaban J connectivity index is 1.31. The summed E-state index contributed by atoms with van der Waals surface area (Å²) in [7, 11) is 1.45. The van der Waals surface area contributed by atoms with Crippen LogP contribution in [0.4, 0.5) is 0 Å². The molecule has 0 bridgehead atoms. The first-order valence-electron chi connectivity index (χ1n) is 17.0. The number of methoxy groups -OCH3 is 1. The predicted octanol–water partition coefficient (Wildman–Crippen LogP) is 7.55. The first-order valence-corrected chi connectivity index (χ1v) is 17.0. The fourth-order valence-corrected chi connectivity index (χ4v) is 10.4. The molecule has 3 unspecified atom stereocenters. The molecule has 1 aromatic carbocycles. The van der Waals surface area contributed by atoms with E-state index in [1.807, 2.05) is 0 Å². The fourth-order valence-electron chi connectivity index (χ4n) is 10.4. The molecule has 6 nitrogen and oxygen atoms in total. The Kier molecular flexibility index (Phi) is 9.32. The molecule has 0 aromatic heterocycles. The van der Waals surface area contributed by atoms with Crippen molar-refractivity contribution < 1.29 is 29.6 Å². The van der Waals surface area contributed by atoms with Gasteiger partial charge in [-0.3, -0.25) is 0 Å². The van der Waals surface area contributed by atoms with E-state index < -0.39 is 12.1 Å². The number of esters is 1. The molecule has 6 heteroatoms. The third-order valence-corrected chi connectivity index (χ3v) is 13.0. The Hall–Kier alpha value is -2.05. The molecule has 1 aromatic rings. The first-order chi connectivity index (χ1) is 20.3. The van der Waals surface area contributed by atoms with Crippen LogP contribution in [0, 0.1) is 52.3 Å². The van der Waals surface area contributed by atoms with E-state index in [-0.39, 0.29) is 46.4 Å². The largest absolute Gasteiger partial charge is 0.504 e. The van der Waals surface area contributed by atoms with Crippen molar-refractivity contribution in [2.45, 2.75) is 118 Å². The Morgan fingerprint density at radius 3 is 2.51 bits per heavy atom. The van der Waals surface area contributed by atoms with Crippen molar-refractivity contribution in [1.82, 2.24) is 0 Å². The molecular weight excluding hydrogens is 540 g/mol. The summed E-state index contributed by atoms with van der Waals surface area (Å²) in [5.74, 6) is 2.79. The van der Waals surface area contributed by atoms with Crippen molar-refractivity contribution in [3.05, 3.63) is 35.4 Å². The zero-order valence-electron chi connectivity index (χ0n) is 27.5. The normalized spacial score (nSPS) is 38.4. The van der Waals surface area contributed by atoms with Crippen LogP contribution in [0.3, 0.4) is 0 Å². The van der Waals surface area contributed by atoms with E-state index >= 15 is 0 Å².